The Morgan fingerprint density at radius 2 is 2.26 bits per heavy atom. The van der Waals surface area contributed by atoms with Gasteiger partial charge in [-0.15, -0.1) is 0 Å². The summed E-state index contributed by atoms with van der Waals surface area (Å²) in [5.74, 6) is -1.12. The van der Waals surface area contributed by atoms with E-state index in [0.717, 1.165) is 44.2 Å². The van der Waals surface area contributed by atoms with E-state index in [1.807, 2.05) is 0 Å². The lowest BCUT2D eigenvalue weighted by atomic mass is 10.1. The molecule has 1 aromatic carbocycles. The Morgan fingerprint density at radius 3 is 3.00 bits per heavy atom. The highest BCUT2D eigenvalue weighted by Gasteiger charge is 2.16. The number of hydrogen-bond acceptors (Lipinski definition) is 3. The van der Waals surface area contributed by atoms with Gasteiger partial charge in [-0.05, 0) is 44.0 Å². The van der Waals surface area contributed by atoms with Crippen molar-refractivity contribution in [3.63, 3.8) is 0 Å². The second-order valence-electron chi connectivity index (χ2n) is 4.81. The first kappa shape index (κ1) is 14.4. The van der Waals surface area contributed by atoms with E-state index in [0.29, 0.717) is 13.0 Å². The third-order valence-corrected chi connectivity index (χ3v) is 3.31. The first-order valence-corrected chi connectivity index (χ1v) is 6.62. The van der Waals surface area contributed by atoms with E-state index < -0.39 is 17.7 Å². The minimum Gasteiger partial charge on any atom is -0.388 e. The van der Waals surface area contributed by atoms with Crippen molar-refractivity contribution in [2.24, 2.45) is 0 Å². The number of aliphatic hydroxyl groups is 1. The number of benzene rings is 1. The predicted octanol–water partition coefficient (Wildman–Crippen LogP) is 2.16. The number of rotatable bonds is 6. The van der Waals surface area contributed by atoms with Crippen LogP contribution in [0.25, 0.3) is 0 Å². The predicted molar refractivity (Wildman–Crippen MR) is 67.8 cm³/mol. The zero-order valence-electron chi connectivity index (χ0n) is 10.7. The Bertz CT molecular complexity index is 408. The molecule has 0 aromatic heterocycles. The lowest BCUT2D eigenvalue weighted by molar-refractivity contribution is 0.107. The molecule has 2 N–H and O–H groups in total. The van der Waals surface area contributed by atoms with Crippen LogP contribution in [0.1, 0.15) is 30.9 Å². The summed E-state index contributed by atoms with van der Waals surface area (Å²) in [6.07, 6.45) is 1.72. The maximum atomic E-state index is 13.4. The lowest BCUT2D eigenvalue weighted by Gasteiger charge is -2.14. The van der Waals surface area contributed by atoms with Gasteiger partial charge in [0.05, 0.1) is 12.2 Å². The van der Waals surface area contributed by atoms with Crippen LogP contribution in [0.3, 0.4) is 0 Å². The van der Waals surface area contributed by atoms with Crippen molar-refractivity contribution in [1.82, 2.24) is 5.32 Å². The van der Waals surface area contributed by atoms with Crippen LogP contribution in [0.4, 0.5) is 8.78 Å². The molecular weight excluding hydrogens is 252 g/mol. The summed E-state index contributed by atoms with van der Waals surface area (Å²) in [5, 5.41) is 13.0. The molecule has 0 aliphatic carbocycles. The number of aliphatic hydroxyl groups excluding tert-OH is 1. The third kappa shape index (κ3) is 4.23. The molecule has 2 rings (SSSR count). The SMILES string of the molecule is OC(CCNCC1CCCO1)c1cc(F)ccc1F. The second-order valence-corrected chi connectivity index (χ2v) is 4.81. The summed E-state index contributed by atoms with van der Waals surface area (Å²) in [5.41, 5.74) is 0.0129. The minimum atomic E-state index is -0.993. The van der Waals surface area contributed by atoms with E-state index in [2.05, 4.69) is 5.32 Å². The molecule has 2 unspecified atom stereocenters. The van der Waals surface area contributed by atoms with Crippen LogP contribution in [0.15, 0.2) is 18.2 Å². The first-order chi connectivity index (χ1) is 9.16. The highest BCUT2D eigenvalue weighted by molar-refractivity contribution is 5.20. The van der Waals surface area contributed by atoms with Gasteiger partial charge in [0.2, 0.25) is 0 Å². The maximum Gasteiger partial charge on any atom is 0.129 e. The van der Waals surface area contributed by atoms with E-state index in [1.165, 1.54) is 0 Å². The van der Waals surface area contributed by atoms with E-state index in [4.69, 9.17) is 4.74 Å². The zero-order chi connectivity index (χ0) is 13.7. The molecule has 1 heterocycles. The van der Waals surface area contributed by atoms with Crippen molar-refractivity contribution in [3.05, 3.63) is 35.4 Å². The van der Waals surface area contributed by atoms with Crippen molar-refractivity contribution in [2.45, 2.75) is 31.5 Å². The van der Waals surface area contributed by atoms with Crippen LogP contribution < -0.4 is 5.32 Å². The normalized spacial score (nSPS) is 20.7. The summed E-state index contributed by atoms with van der Waals surface area (Å²) in [4.78, 5) is 0. The van der Waals surface area contributed by atoms with Crippen LogP contribution in [-0.4, -0.2) is 30.9 Å². The van der Waals surface area contributed by atoms with Gasteiger partial charge in [-0.2, -0.15) is 0 Å². The standard InChI is InChI=1S/C14H19F2NO2/c15-10-3-4-13(16)12(8-10)14(18)5-6-17-9-11-2-1-7-19-11/h3-4,8,11,14,17-18H,1-2,5-7,9H2. The highest BCUT2D eigenvalue weighted by Crippen LogP contribution is 2.20. The van der Waals surface area contributed by atoms with Crippen LogP contribution in [0, 0.1) is 11.6 Å². The molecule has 5 heteroatoms. The highest BCUT2D eigenvalue weighted by atomic mass is 19.1. The van der Waals surface area contributed by atoms with Gasteiger partial charge in [0.25, 0.3) is 0 Å². The molecule has 1 aromatic rings. The number of nitrogens with one attached hydrogen (secondary N) is 1. The topological polar surface area (TPSA) is 41.5 Å². The van der Waals surface area contributed by atoms with Gasteiger partial charge in [-0.1, -0.05) is 0 Å². The molecule has 0 saturated carbocycles. The van der Waals surface area contributed by atoms with Gasteiger partial charge in [0.1, 0.15) is 11.6 Å². The fourth-order valence-corrected chi connectivity index (χ4v) is 2.23. The van der Waals surface area contributed by atoms with Gasteiger partial charge in [-0.25, -0.2) is 8.78 Å². The van der Waals surface area contributed by atoms with Crippen LogP contribution in [0.5, 0.6) is 0 Å². The number of hydrogen-bond donors (Lipinski definition) is 2. The van der Waals surface area contributed by atoms with Gasteiger partial charge < -0.3 is 15.2 Å². The largest absolute Gasteiger partial charge is 0.388 e. The summed E-state index contributed by atoms with van der Waals surface area (Å²) in [6, 6.07) is 3.12. The smallest absolute Gasteiger partial charge is 0.129 e. The number of ether oxygens (including phenoxy) is 1. The molecule has 0 amide bonds. The lowest BCUT2D eigenvalue weighted by Crippen LogP contribution is -2.27. The van der Waals surface area contributed by atoms with Gasteiger partial charge in [-0.3, -0.25) is 0 Å². The average Bonchev–Trinajstić information content (AvgIpc) is 2.90. The van der Waals surface area contributed by atoms with Crippen molar-refractivity contribution in [3.8, 4) is 0 Å². The Hall–Kier alpha value is -1.04. The van der Waals surface area contributed by atoms with Gasteiger partial charge in [0, 0.05) is 18.7 Å². The molecule has 0 spiro atoms. The van der Waals surface area contributed by atoms with Crippen LogP contribution in [-0.2, 0) is 4.74 Å². The zero-order valence-corrected chi connectivity index (χ0v) is 10.7. The van der Waals surface area contributed by atoms with Crippen LogP contribution in [0.2, 0.25) is 0 Å². The molecule has 106 valence electrons. The van der Waals surface area contributed by atoms with Crippen molar-refractivity contribution in [2.75, 3.05) is 19.7 Å². The van der Waals surface area contributed by atoms with Crippen molar-refractivity contribution >= 4 is 0 Å². The molecule has 0 bridgehead atoms. The Balaban J connectivity index is 1.74. The fraction of sp³-hybridized carbons (Fsp3) is 0.571. The van der Waals surface area contributed by atoms with Crippen molar-refractivity contribution in [1.29, 1.82) is 0 Å². The summed E-state index contributed by atoms with van der Waals surface area (Å²) >= 11 is 0. The second kappa shape index (κ2) is 6.93. The third-order valence-electron chi connectivity index (χ3n) is 3.31. The summed E-state index contributed by atoms with van der Waals surface area (Å²) in [6.45, 7) is 2.08. The van der Waals surface area contributed by atoms with Gasteiger partial charge >= 0.3 is 0 Å². The molecule has 19 heavy (non-hydrogen) atoms. The van der Waals surface area contributed by atoms with E-state index in [1.54, 1.807) is 0 Å². The quantitative estimate of drug-likeness (QED) is 0.779. The molecule has 0 radical (unpaired) electrons. The molecule has 1 aliphatic rings. The molecule has 1 fully saturated rings. The fourth-order valence-electron chi connectivity index (χ4n) is 2.23. The van der Waals surface area contributed by atoms with E-state index in [9.17, 15) is 13.9 Å². The molecular formula is C14H19F2NO2. The van der Waals surface area contributed by atoms with Crippen LogP contribution >= 0.6 is 0 Å². The van der Waals surface area contributed by atoms with Gasteiger partial charge in [0.15, 0.2) is 0 Å². The Labute approximate surface area is 111 Å². The molecule has 1 aliphatic heterocycles. The molecule has 2 atom stereocenters. The average molecular weight is 271 g/mol. The first-order valence-electron chi connectivity index (χ1n) is 6.62. The van der Waals surface area contributed by atoms with E-state index >= 15 is 0 Å². The maximum absolute atomic E-state index is 13.4. The Kier molecular flexibility index (Phi) is 5.24. The number of halogens is 2. The van der Waals surface area contributed by atoms with Crippen molar-refractivity contribution < 1.29 is 18.6 Å². The summed E-state index contributed by atoms with van der Waals surface area (Å²) < 4.78 is 31.8. The van der Waals surface area contributed by atoms with E-state index in [-0.39, 0.29) is 11.7 Å². The molecule has 1 saturated heterocycles. The monoisotopic (exact) mass is 271 g/mol. The minimum absolute atomic E-state index is 0.0129. The summed E-state index contributed by atoms with van der Waals surface area (Å²) in [7, 11) is 0. The molecule has 3 nitrogen and oxygen atoms in total. The Morgan fingerprint density at radius 1 is 1.42 bits per heavy atom.